The molecule has 0 saturated carbocycles. The summed E-state index contributed by atoms with van der Waals surface area (Å²) in [5.41, 5.74) is 1.65. The summed E-state index contributed by atoms with van der Waals surface area (Å²) in [6.45, 7) is 3.29. The van der Waals surface area contributed by atoms with Crippen molar-refractivity contribution in [3.8, 4) is 17.4 Å². The van der Waals surface area contributed by atoms with Crippen LogP contribution in [-0.4, -0.2) is 36.1 Å². The van der Waals surface area contributed by atoms with Crippen LogP contribution >= 0.6 is 11.6 Å². The van der Waals surface area contributed by atoms with Crippen molar-refractivity contribution >= 4 is 29.0 Å². The number of rotatable bonds is 6. The Morgan fingerprint density at radius 2 is 1.97 bits per heavy atom. The van der Waals surface area contributed by atoms with Gasteiger partial charge >= 0.3 is 0 Å². The summed E-state index contributed by atoms with van der Waals surface area (Å²) in [6, 6.07) is 13.0. The highest BCUT2D eigenvalue weighted by atomic mass is 35.5. The fourth-order valence-electron chi connectivity index (χ4n) is 3.75. The molecule has 7 nitrogen and oxygen atoms in total. The van der Waals surface area contributed by atoms with E-state index in [2.05, 4.69) is 20.2 Å². The molecular weight excluding hydrogens is 428 g/mol. The van der Waals surface area contributed by atoms with Crippen molar-refractivity contribution in [3.63, 3.8) is 0 Å². The summed E-state index contributed by atoms with van der Waals surface area (Å²) in [4.78, 5) is 23.9. The predicted molar refractivity (Wildman–Crippen MR) is 125 cm³/mol. The Hall–Kier alpha value is -3.32. The van der Waals surface area contributed by atoms with Crippen molar-refractivity contribution in [2.24, 2.45) is 5.92 Å². The van der Waals surface area contributed by atoms with Crippen LogP contribution in [0, 0.1) is 12.8 Å². The first-order valence-electron chi connectivity index (χ1n) is 10.5. The van der Waals surface area contributed by atoms with E-state index in [0.29, 0.717) is 34.7 Å². The molecule has 1 saturated heterocycles. The number of amides is 1. The smallest absolute Gasteiger partial charge is 0.263 e. The molecule has 3 aromatic rings. The third-order valence-corrected chi connectivity index (χ3v) is 5.75. The first-order valence-corrected chi connectivity index (χ1v) is 10.9. The van der Waals surface area contributed by atoms with Crippen LogP contribution in [0.1, 0.15) is 18.4 Å². The summed E-state index contributed by atoms with van der Waals surface area (Å²) in [6.07, 6.45) is 4.91. The van der Waals surface area contributed by atoms with Gasteiger partial charge in [0.1, 0.15) is 11.5 Å². The van der Waals surface area contributed by atoms with Gasteiger partial charge in [0.25, 0.3) is 5.88 Å². The molecule has 1 N–H and O–H groups in total. The fraction of sp³-hybridized carbons (Fsp3) is 0.292. The zero-order valence-corrected chi connectivity index (χ0v) is 18.8. The monoisotopic (exact) mass is 452 g/mol. The highest BCUT2D eigenvalue weighted by Crippen LogP contribution is 2.33. The first-order chi connectivity index (χ1) is 15.5. The van der Waals surface area contributed by atoms with E-state index in [1.807, 2.05) is 31.2 Å². The molecule has 1 atom stereocenters. The van der Waals surface area contributed by atoms with Crippen molar-refractivity contribution in [1.29, 1.82) is 0 Å². The van der Waals surface area contributed by atoms with Gasteiger partial charge in [0.05, 0.1) is 18.1 Å². The Morgan fingerprint density at radius 3 is 2.75 bits per heavy atom. The van der Waals surface area contributed by atoms with Crippen LogP contribution in [0.2, 0.25) is 5.02 Å². The Morgan fingerprint density at radius 1 is 1.16 bits per heavy atom. The number of methoxy groups -OCH3 is 1. The van der Waals surface area contributed by atoms with Gasteiger partial charge in [0.15, 0.2) is 5.82 Å². The van der Waals surface area contributed by atoms with E-state index in [4.69, 9.17) is 21.1 Å². The second-order valence-corrected chi connectivity index (χ2v) is 8.08. The van der Waals surface area contributed by atoms with E-state index in [1.54, 1.807) is 37.7 Å². The summed E-state index contributed by atoms with van der Waals surface area (Å²) in [5.74, 6) is 2.12. The number of aryl methyl sites for hydroxylation is 1. The van der Waals surface area contributed by atoms with Crippen LogP contribution in [-0.2, 0) is 4.79 Å². The third-order valence-electron chi connectivity index (χ3n) is 5.46. The lowest BCUT2D eigenvalue weighted by molar-refractivity contribution is -0.120. The van der Waals surface area contributed by atoms with Gasteiger partial charge < -0.3 is 19.7 Å². The van der Waals surface area contributed by atoms with Gasteiger partial charge in [0, 0.05) is 31.2 Å². The van der Waals surface area contributed by atoms with Crippen molar-refractivity contribution in [3.05, 3.63) is 65.4 Å². The van der Waals surface area contributed by atoms with Crippen LogP contribution in [0.25, 0.3) is 0 Å². The Balaban J connectivity index is 1.48. The van der Waals surface area contributed by atoms with E-state index in [9.17, 15) is 4.79 Å². The maximum atomic E-state index is 13.0. The number of ether oxygens (including phenoxy) is 2. The topological polar surface area (TPSA) is 76.6 Å². The maximum Gasteiger partial charge on any atom is 0.263 e. The molecule has 8 heteroatoms. The van der Waals surface area contributed by atoms with Crippen LogP contribution in [0.4, 0.5) is 11.5 Å². The lowest BCUT2D eigenvalue weighted by Gasteiger charge is -2.33. The molecule has 1 aliphatic heterocycles. The second kappa shape index (κ2) is 9.87. The summed E-state index contributed by atoms with van der Waals surface area (Å²) in [5, 5.41) is 3.42. The normalized spacial score (nSPS) is 15.8. The summed E-state index contributed by atoms with van der Waals surface area (Å²) < 4.78 is 11.2. The van der Waals surface area contributed by atoms with Gasteiger partial charge in [-0.25, -0.2) is 9.97 Å². The van der Waals surface area contributed by atoms with Crippen LogP contribution in [0.15, 0.2) is 54.9 Å². The van der Waals surface area contributed by atoms with Crippen LogP contribution < -0.4 is 19.7 Å². The lowest BCUT2D eigenvalue weighted by Crippen LogP contribution is -2.41. The molecule has 0 bridgehead atoms. The molecular formula is C24H25ClN4O3. The molecule has 1 aliphatic rings. The molecule has 166 valence electrons. The first kappa shape index (κ1) is 21.9. The number of nitrogens with one attached hydrogen (secondary N) is 1. The SMILES string of the molecule is COc1ccc(NC(=O)C2CCCN(c3nccnc3Oc3ccccc3C)C2)cc1Cl. The van der Waals surface area contributed by atoms with Gasteiger partial charge in [-0.15, -0.1) is 0 Å². The zero-order chi connectivity index (χ0) is 22.5. The molecule has 1 aromatic heterocycles. The molecule has 0 spiro atoms. The van der Waals surface area contributed by atoms with Gasteiger partial charge in [0.2, 0.25) is 5.91 Å². The number of hydrogen-bond acceptors (Lipinski definition) is 6. The average Bonchev–Trinajstić information content (AvgIpc) is 2.81. The van der Waals surface area contributed by atoms with Gasteiger partial charge in [-0.2, -0.15) is 0 Å². The molecule has 0 aliphatic carbocycles. The highest BCUT2D eigenvalue weighted by Gasteiger charge is 2.29. The van der Waals surface area contributed by atoms with Crippen molar-refractivity contribution in [2.75, 3.05) is 30.4 Å². The molecule has 1 unspecified atom stereocenters. The molecule has 1 amide bonds. The second-order valence-electron chi connectivity index (χ2n) is 7.68. The van der Waals surface area contributed by atoms with Crippen molar-refractivity contribution in [2.45, 2.75) is 19.8 Å². The minimum atomic E-state index is -0.196. The Bertz CT molecular complexity index is 1110. The predicted octanol–water partition coefficient (Wildman–Crippen LogP) is 5.09. The quantitative estimate of drug-likeness (QED) is 0.561. The standard InChI is InChI=1S/C24H25ClN4O3/c1-16-6-3-4-8-20(16)32-24-22(26-11-12-27-24)29-13-5-7-17(15-29)23(30)28-18-9-10-21(31-2)19(25)14-18/h3-4,6,8-12,14,17H,5,7,13,15H2,1-2H3,(H,28,30). The van der Waals surface area contributed by atoms with Crippen molar-refractivity contribution < 1.29 is 14.3 Å². The minimum absolute atomic E-state index is 0.0544. The number of carbonyl (C=O) groups excluding carboxylic acids is 1. The number of nitrogens with zero attached hydrogens (tertiary/aromatic N) is 3. The number of halogens is 1. The van der Waals surface area contributed by atoms with E-state index >= 15 is 0 Å². The highest BCUT2D eigenvalue weighted by molar-refractivity contribution is 6.32. The molecule has 4 rings (SSSR count). The number of benzene rings is 2. The number of hydrogen-bond donors (Lipinski definition) is 1. The third kappa shape index (κ3) is 4.94. The average molecular weight is 453 g/mol. The van der Waals surface area contributed by atoms with E-state index < -0.39 is 0 Å². The molecule has 2 heterocycles. The van der Waals surface area contributed by atoms with E-state index in [-0.39, 0.29) is 11.8 Å². The molecule has 2 aromatic carbocycles. The van der Waals surface area contributed by atoms with Crippen LogP contribution in [0.3, 0.4) is 0 Å². The minimum Gasteiger partial charge on any atom is -0.495 e. The fourth-order valence-corrected chi connectivity index (χ4v) is 4.01. The number of para-hydroxylation sites is 1. The Labute approximate surface area is 192 Å². The largest absolute Gasteiger partial charge is 0.495 e. The number of piperidine rings is 1. The van der Waals surface area contributed by atoms with Gasteiger partial charge in [-0.05, 0) is 49.6 Å². The Kier molecular flexibility index (Phi) is 6.75. The summed E-state index contributed by atoms with van der Waals surface area (Å²) in [7, 11) is 1.56. The summed E-state index contributed by atoms with van der Waals surface area (Å²) >= 11 is 6.18. The van der Waals surface area contributed by atoms with E-state index in [1.165, 1.54) is 0 Å². The number of aromatic nitrogens is 2. The van der Waals surface area contributed by atoms with E-state index in [0.717, 1.165) is 30.7 Å². The lowest BCUT2D eigenvalue weighted by atomic mass is 9.97. The maximum absolute atomic E-state index is 13.0. The zero-order valence-electron chi connectivity index (χ0n) is 18.0. The van der Waals surface area contributed by atoms with Crippen LogP contribution in [0.5, 0.6) is 17.4 Å². The molecule has 32 heavy (non-hydrogen) atoms. The molecule has 0 radical (unpaired) electrons. The van der Waals surface area contributed by atoms with Crippen molar-refractivity contribution in [1.82, 2.24) is 9.97 Å². The van der Waals surface area contributed by atoms with Gasteiger partial charge in [-0.1, -0.05) is 29.8 Å². The molecule has 1 fully saturated rings. The number of anilines is 2. The number of carbonyl (C=O) groups is 1. The van der Waals surface area contributed by atoms with Gasteiger partial charge in [-0.3, -0.25) is 4.79 Å².